The van der Waals surface area contributed by atoms with Gasteiger partial charge in [-0.25, -0.2) is 9.78 Å². The van der Waals surface area contributed by atoms with E-state index in [4.69, 9.17) is 9.15 Å². The van der Waals surface area contributed by atoms with Gasteiger partial charge in [0.25, 0.3) is 5.91 Å². The molecule has 0 radical (unpaired) electrons. The summed E-state index contributed by atoms with van der Waals surface area (Å²) in [7, 11) is 1.58. The van der Waals surface area contributed by atoms with Crippen molar-refractivity contribution in [3.63, 3.8) is 0 Å². The molecule has 0 bridgehead atoms. The van der Waals surface area contributed by atoms with Gasteiger partial charge in [0.05, 0.1) is 7.11 Å². The second-order valence-corrected chi connectivity index (χ2v) is 6.00. The summed E-state index contributed by atoms with van der Waals surface area (Å²) in [5.74, 6) is 0.0385. The van der Waals surface area contributed by atoms with Crippen molar-refractivity contribution in [2.45, 2.75) is 32.2 Å². The number of hydrogen-bond donors (Lipinski definition) is 1. The van der Waals surface area contributed by atoms with Gasteiger partial charge in [-0.1, -0.05) is 0 Å². The van der Waals surface area contributed by atoms with Crippen molar-refractivity contribution in [2.75, 3.05) is 13.7 Å². The first-order chi connectivity index (χ1) is 12.0. The van der Waals surface area contributed by atoms with Crippen LogP contribution < -0.4 is 4.74 Å². The Bertz CT molecular complexity index is 781. The number of nitrogens with zero attached hydrogens (tertiary/aromatic N) is 2. The maximum Gasteiger partial charge on any atom is 0.326 e. The number of oxazole rings is 1. The molecule has 1 aliphatic heterocycles. The van der Waals surface area contributed by atoms with Gasteiger partial charge in [-0.3, -0.25) is 4.79 Å². The van der Waals surface area contributed by atoms with Crippen LogP contribution in [0.25, 0.3) is 11.5 Å². The number of carbonyl (C=O) groups is 2. The summed E-state index contributed by atoms with van der Waals surface area (Å²) in [5, 5.41) is 9.36. The number of ether oxygens (including phenoxy) is 1. The lowest BCUT2D eigenvalue weighted by Crippen LogP contribution is -2.48. The third-order valence-electron chi connectivity index (χ3n) is 4.38. The fourth-order valence-corrected chi connectivity index (χ4v) is 3.02. The van der Waals surface area contributed by atoms with Crippen molar-refractivity contribution in [2.24, 2.45) is 0 Å². The molecular weight excluding hydrogens is 324 g/mol. The standard InChI is InChI=1S/C18H20N2O5/c1-11-15(17(21)20-10-4-3-5-14(20)18(22)23)19-16(25-11)12-6-8-13(24-2)9-7-12/h6-9,14H,3-5,10H2,1-2H3,(H,22,23). The highest BCUT2D eigenvalue weighted by molar-refractivity contribution is 5.96. The summed E-state index contributed by atoms with van der Waals surface area (Å²) in [6, 6.07) is 6.34. The molecule has 7 nitrogen and oxygen atoms in total. The Kier molecular flexibility index (Phi) is 4.74. The fraction of sp³-hybridized carbons (Fsp3) is 0.389. The largest absolute Gasteiger partial charge is 0.497 e. The lowest BCUT2D eigenvalue weighted by molar-refractivity contribution is -0.143. The van der Waals surface area contributed by atoms with Crippen molar-refractivity contribution in [3.8, 4) is 17.2 Å². The van der Waals surface area contributed by atoms with Crippen LogP contribution >= 0.6 is 0 Å². The van der Waals surface area contributed by atoms with E-state index in [9.17, 15) is 14.7 Å². The summed E-state index contributed by atoms with van der Waals surface area (Å²) < 4.78 is 10.8. The number of likely N-dealkylation sites (tertiary alicyclic amines) is 1. The van der Waals surface area contributed by atoms with E-state index in [0.717, 1.165) is 18.4 Å². The van der Waals surface area contributed by atoms with Gasteiger partial charge in [0.2, 0.25) is 5.89 Å². The Balaban J connectivity index is 1.88. The van der Waals surface area contributed by atoms with E-state index in [2.05, 4.69) is 4.98 Å². The van der Waals surface area contributed by atoms with E-state index in [1.54, 1.807) is 38.3 Å². The number of carbonyl (C=O) groups excluding carboxylic acids is 1. The number of carboxylic acids is 1. The minimum atomic E-state index is -0.982. The molecule has 1 N–H and O–H groups in total. The molecular formula is C18H20N2O5. The minimum Gasteiger partial charge on any atom is -0.497 e. The molecule has 1 atom stereocenters. The molecule has 0 saturated carbocycles. The third-order valence-corrected chi connectivity index (χ3v) is 4.38. The predicted molar refractivity (Wildman–Crippen MR) is 89.5 cm³/mol. The average Bonchev–Trinajstić information content (AvgIpc) is 3.03. The summed E-state index contributed by atoms with van der Waals surface area (Å²) in [6.45, 7) is 2.08. The number of aryl methyl sites for hydroxylation is 1. The zero-order valence-corrected chi connectivity index (χ0v) is 14.2. The van der Waals surface area contributed by atoms with Gasteiger partial charge in [-0.05, 0) is 50.5 Å². The van der Waals surface area contributed by atoms with E-state index < -0.39 is 17.9 Å². The van der Waals surface area contributed by atoms with E-state index in [1.165, 1.54) is 4.90 Å². The minimum absolute atomic E-state index is 0.166. The number of methoxy groups -OCH3 is 1. The Morgan fingerprint density at radius 2 is 2.00 bits per heavy atom. The van der Waals surface area contributed by atoms with Gasteiger partial charge < -0.3 is 19.2 Å². The molecule has 132 valence electrons. The van der Waals surface area contributed by atoms with Gasteiger partial charge in [-0.2, -0.15) is 0 Å². The lowest BCUT2D eigenvalue weighted by Gasteiger charge is -2.32. The molecule has 3 rings (SSSR count). The maximum atomic E-state index is 12.8. The first kappa shape index (κ1) is 17.0. The number of piperidine rings is 1. The number of amides is 1. The zero-order valence-electron chi connectivity index (χ0n) is 14.2. The van der Waals surface area contributed by atoms with Crippen molar-refractivity contribution in [1.82, 2.24) is 9.88 Å². The predicted octanol–water partition coefficient (Wildman–Crippen LogP) is 2.74. The van der Waals surface area contributed by atoms with Crippen molar-refractivity contribution in [3.05, 3.63) is 35.7 Å². The Morgan fingerprint density at radius 3 is 2.64 bits per heavy atom. The van der Waals surface area contributed by atoms with Gasteiger partial charge in [0.15, 0.2) is 5.69 Å². The van der Waals surface area contributed by atoms with Crippen LogP contribution in [0.15, 0.2) is 28.7 Å². The van der Waals surface area contributed by atoms with Crippen LogP contribution in [0.4, 0.5) is 0 Å². The number of hydrogen-bond acceptors (Lipinski definition) is 5. The third kappa shape index (κ3) is 3.35. The molecule has 1 saturated heterocycles. The Labute approximate surface area is 145 Å². The summed E-state index contributed by atoms with van der Waals surface area (Å²) >= 11 is 0. The van der Waals surface area contributed by atoms with E-state index >= 15 is 0 Å². The van der Waals surface area contributed by atoms with Gasteiger partial charge in [0, 0.05) is 12.1 Å². The van der Waals surface area contributed by atoms with Gasteiger partial charge in [-0.15, -0.1) is 0 Å². The molecule has 0 spiro atoms. The molecule has 1 fully saturated rings. The number of carboxylic acid groups (broad SMARTS) is 1. The van der Waals surface area contributed by atoms with E-state index in [-0.39, 0.29) is 5.69 Å². The molecule has 1 aromatic carbocycles. The SMILES string of the molecule is COc1ccc(-c2nc(C(=O)N3CCCCC3C(=O)O)c(C)o2)cc1. The van der Waals surface area contributed by atoms with Crippen LogP contribution in [-0.2, 0) is 4.79 Å². The highest BCUT2D eigenvalue weighted by Gasteiger charge is 2.34. The maximum absolute atomic E-state index is 12.8. The van der Waals surface area contributed by atoms with E-state index in [0.29, 0.717) is 30.4 Å². The molecule has 2 heterocycles. The van der Waals surface area contributed by atoms with Crippen LogP contribution in [-0.4, -0.2) is 46.6 Å². The molecule has 7 heteroatoms. The Morgan fingerprint density at radius 1 is 1.28 bits per heavy atom. The number of rotatable bonds is 4. The van der Waals surface area contributed by atoms with Crippen molar-refractivity contribution in [1.29, 1.82) is 0 Å². The van der Waals surface area contributed by atoms with Crippen LogP contribution in [0.2, 0.25) is 0 Å². The van der Waals surface area contributed by atoms with Crippen LogP contribution in [0.3, 0.4) is 0 Å². The summed E-state index contributed by atoms with van der Waals surface area (Å²) in [6.07, 6.45) is 2.05. The normalized spacial score (nSPS) is 17.4. The molecule has 1 amide bonds. The van der Waals surface area contributed by atoms with Crippen LogP contribution in [0, 0.1) is 6.92 Å². The molecule has 0 aliphatic carbocycles. The summed E-state index contributed by atoms with van der Waals surface area (Å²) in [5.41, 5.74) is 0.885. The highest BCUT2D eigenvalue weighted by Crippen LogP contribution is 2.26. The van der Waals surface area contributed by atoms with Gasteiger partial charge in [0.1, 0.15) is 17.6 Å². The quantitative estimate of drug-likeness (QED) is 0.917. The smallest absolute Gasteiger partial charge is 0.326 e. The Hall–Kier alpha value is -2.83. The fourth-order valence-electron chi connectivity index (χ4n) is 3.02. The van der Waals surface area contributed by atoms with Crippen LogP contribution in [0.1, 0.15) is 35.5 Å². The van der Waals surface area contributed by atoms with Gasteiger partial charge >= 0.3 is 5.97 Å². The van der Waals surface area contributed by atoms with E-state index in [1.807, 2.05) is 0 Å². The topological polar surface area (TPSA) is 92.9 Å². The number of benzene rings is 1. The molecule has 1 aliphatic rings. The highest BCUT2D eigenvalue weighted by atomic mass is 16.5. The monoisotopic (exact) mass is 344 g/mol. The number of aromatic nitrogens is 1. The lowest BCUT2D eigenvalue weighted by atomic mass is 10.0. The zero-order chi connectivity index (χ0) is 18.0. The molecule has 1 unspecified atom stereocenters. The first-order valence-corrected chi connectivity index (χ1v) is 8.17. The van der Waals surface area contributed by atoms with Crippen LogP contribution in [0.5, 0.6) is 5.75 Å². The van der Waals surface area contributed by atoms with Crippen molar-refractivity contribution < 1.29 is 23.8 Å². The average molecular weight is 344 g/mol. The molecule has 1 aromatic heterocycles. The second-order valence-electron chi connectivity index (χ2n) is 6.00. The summed E-state index contributed by atoms with van der Waals surface area (Å²) in [4.78, 5) is 29.9. The molecule has 25 heavy (non-hydrogen) atoms. The number of aliphatic carboxylic acids is 1. The first-order valence-electron chi connectivity index (χ1n) is 8.17. The molecule has 2 aromatic rings. The second kappa shape index (κ2) is 6.96. The van der Waals surface area contributed by atoms with Crippen molar-refractivity contribution >= 4 is 11.9 Å².